The van der Waals surface area contributed by atoms with Crippen molar-refractivity contribution >= 4 is 149 Å². The van der Waals surface area contributed by atoms with E-state index in [0.29, 0.717) is 0 Å². The zero-order valence-electron chi connectivity index (χ0n) is 40.8. The third kappa shape index (κ3) is 8.74. The number of para-hydroxylation sites is 2. The van der Waals surface area contributed by atoms with Crippen LogP contribution in [0, 0.1) is 14.4 Å². The number of halogens is 2. The molecule has 0 radical (unpaired) electrons. The molecule has 2 aliphatic rings. The van der Waals surface area contributed by atoms with E-state index in [1.54, 1.807) is 0 Å². The molecule has 0 aliphatic carbocycles. The van der Waals surface area contributed by atoms with Gasteiger partial charge in [-0.25, -0.2) is 0 Å². The molecule has 0 atom stereocenters. The minimum atomic E-state index is 0. The molecule has 13 aromatic carbocycles. The topological polar surface area (TPSA) is 30.5 Å². The van der Waals surface area contributed by atoms with Crippen molar-refractivity contribution in [3.05, 3.63) is 271 Å². The molecule has 75 heavy (non-hydrogen) atoms. The van der Waals surface area contributed by atoms with E-state index in [2.05, 4.69) is 243 Å². The van der Waals surface area contributed by atoms with Crippen LogP contribution in [0.1, 0.15) is 13.0 Å². The van der Waals surface area contributed by atoms with Crippen molar-refractivity contribution in [1.29, 1.82) is 0 Å². The Labute approximate surface area is 452 Å². The zero-order chi connectivity index (χ0) is 49.0. The number of nitrogens with zero attached hydrogens (tertiary/aromatic N) is 2. The molecule has 0 fully saturated rings. The smallest absolute Gasteiger partial charge is 0.0709 e. The van der Waals surface area contributed by atoms with Gasteiger partial charge in [0.05, 0.1) is 45.5 Å². The first-order valence-electron chi connectivity index (χ1n) is 24.5. The van der Waals surface area contributed by atoms with Crippen molar-refractivity contribution in [2.24, 2.45) is 0 Å². The van der Waals surface area contributed by atoms with E-state index in [1.807, 2.05) is 48.5 Å². The van der Waals surface area contributed by atoms with Crippen LogP contribution in [0.4, 0.5) is 56.9 Å². The lowest BCUT2D eigenvalue weighted by atomic mass is 9.92. The van der Waals surface area contributed by atoms with Crippen molar-refractivity contribution in [3.8, 4) is 0 Å². The number of nitrogens with one attached hydrogen (secondary N) is 2. The van der Waals surface area contributed by atoms with Gasteiger partial charge in [0.1, 0.15) is 0 Å². The van der Waals surface area contributed by atoms with E-state index in [1.165, 1.54) is 92.9 Å². The first-order valence-corrected chi connectivity index (χ1v) is 25.7. The van der Waals surface area contributed by atoms with E-state index >= 15 is 0 Å². The lowest BCUT2D eigenvalue weighted by molar-refractivity contribution is 1.17. The van der Waals surface area contributed by atoms with Gasteiger partial charge < -0.3 is 27.9 Å². The molecule has 0 amide bonds. The van der Waals surface area contributed by atoms with Gasteiger partial charge in [-0.3, -0.25) is 0 Å². The maximum atomic E-state index is 6.17. The van der Waals surface area contributed by atoms with Crippen LogP contribution in [-0.4, -0.2) is 0 Å². The predicted octanol–water partition coefficient (Wildman–Crippen LogP) is 21.8. The van der Waals surface area contributed by atoms with Gasteiger partial charge in [-0.1, -0.05) is 193 Å². The zero-order valence-corrected chi connectivity index (χ0v) is 43.2. The van der Waals surface area contributed by atoms with Gasteiger partial charge in [-0.05, 0) is 168 Å². The number of hydrogen-bond donors (Lipinski definition) is 2. The molecule has 0 unspecified atom stereocenters. The van der Waals surface area contributed by atoms with Crippen molar-refractivity contribution in [3.63, 3.8) is 0 Å². The van der Waals surface area contributed by atoms with Crippen LogP contribution in [0.5, 0.6) is 0 Å². The Morgan fingerprint density at radius 2 is 0.653 bits per heavy atom. The maximum absolute atomic E-state index is 6.17. The SMILES string of the molecule is Brc1ccccc1.C.Cc1ccc2c(c1)N(c1ccccc1)c1cc3c4ccccc4c4ccccc4c3cc1N2c1ccccc1.Clc1ccc2c(c1)Nc1cc3c4ccccc4c4ccccc4c3cc1N2.[CH3-]. The van der Waals surface area contributed by atoms with Crippen LogP contribution in [-0.2, 0) is 0 Å². The summed E-state index contributed by atoms with van der Waals surface area (Å²) in [6, 6.07) is 88.3. The minimum Gasteiger partial charge on any atom is -0.358 e. The molecule has 0 saturated carbocycles. The number of rotatable bonds is 2. The molecule has 0 spiro atoms. The summed E-state index contributed by atoms with van der Waals surface area (Å²) >= 11 is 9.49. The van der Waals surface area contributed by atoms with Crippen molar-refractivity contribution in [2.45, 2.75) is 14.4 Å². The van der Waals surface area contributed by atoms with Gasteiger partial charge in [0.2, 0.25) is 0 Å². The summed E-state index contributed by atoms with van der Waals surface area (Å²) in [4.78, 5) is 4.85. The highest BCUT2D eigenvalue weighted by atomic mass is 79.9. The van der Waals surface area contributed by atoms with Gasteiger partial charge in [-0.2, -0.15) is 0 Å². The van der Waals surface area contributed by atoms with E-state index in [-0.39, 0.29) is 14.9 Å². The van der Waals surface area contributed by atoms with Gasteiger partial charge >= 0.3 is 0 Å². The highest BCUT2D eigenvalue weighted by Gasteiger charge is 2.32. The fourth-order valence-electron chi connectivity index (χ4n) is 10.8. The fraction of sp³-hybridized carbons (Fsp3) is 0.0290. The number of aryl methyl sites for hydroxylation is 1. The second-order valence-electron chi connectivity index (χ2n) is 18.6. The summed E-state index contributed by atoms with van der Waals surface area (Å²) in [6.07, 6.45) is 0. The molecule has 0 aromatic heterocycles. The average molecular weight is 1050 g/mol. The maximum Gasteiger partial charge on any atom is 0.0709 e. The van der Waals surface area contributed by atoms with Crippen LogP contribution in [0.2, 0.25) is 5.02 Å². The van der Waals surface area contributed by atoms with Crippen molar-refractivity contribution in [1.82, 2.24) is 0 Å². The van der Waals surface area contributed by atoms with Crippen molar-refractivity contribution in [2.75, 3.05) is 20.4 Å². The minimum absolute atomic E-state index is 0. The quantitative estimate of drug-likeness (QED) is 0.133. The van der Waals surface area contributed by atoms with Crippen LogP contribution < -0.4 is 20.4 Å². The molecule has 2 heterocycles. The summed E-state index contributed by atoms with van der Waals surface area (Å²) in [5, 5.41) is 23.1. The Morgan fingerprint density at radius 3 is 1.07 bits per heavy atom. The lowest BCUT2D eigenvalue weighted by Gasteiger charge is -2.41. The Morgan fingerprint density at radius 1 is 0.320 bits per heavy atom. The normalized spacial score (nSPS) is 11.9. The first kappa shape index (κ1) is 48.6. The van der Waals surface area contributed by atoms with Gasteiger partial charge in [0.15, 0.2) is 0 Å². The Hall–Kier alpha value is -8.61. The predicted molar refractivity (Wildman–Crippen MR) is 331 cm³/mol. The second-order valence-corrected chi connectivity index (χ2v) is 19.9. The van der Waals surface area contributed by atoms with Gasteiger partial charge in [-0.15, -0.1) is 0 Å². The van der Waals surface area contributed by atoms with E-state index in [9.17, 15) is 0 Å². The molecule has 6 heteroatoms. The number of fused-ring (bicyclic) bond motifs is 16. The van der Waals surface area contributed by atoms with Crippen LogP contribution in [0.15, 0.2) is 253 Å². The molecule has 4 nitrogen and oxygen atoms in total. The molecule has 15 rings (SSSR count). The summed E-state index contributed by atoms with van der Waals surface area (Å²) < 4.78 is 1.13. The molecule has 2 aliphatic heterocycles. The highest BCUT2D eigenvalue weighted by Crippen LogP contribution is 2.56. The molecular formula is C69H53BrClN4-. The van der Waals surface area contributed by atoms with Gasteiger partial charge in [0, 0.05) is 20.9 Å². The lowest BCUT2D eigenvalue weighted by Crippen LogP contribution is -2.24. The number of benzene rings is 13. The summed E-state index contributed by atoms with van der Waals surface area (Å²) in [5.41, 5.74) is 12.4. The van der Waals surface area contributed by atoms with E-state index < -0.39 is 0 Å². The third-order valence-corrected chi connectivity index (χ3v) is 14.9. The summed E-state index contributed by atoms with van der Waals surface area (Å²) in [5.74, 6) is 0. The molecular weight excluding hydrogens is 1000 g/mol. The number of hydrogen-bond acceptors (Lipinski definition) is 4. The van der Waals surface area contributed by atoms with Crippen molar-refractivity contribution < 1.29 is 0 Å². The average Bonchev–Trinajstić information content (AvgIpc) is 3.48. The van der Waals surface area contributed by atoms with Crippen LogP contribution in [0.25, 0.3) is 64.6 Å². The first-order chi connectivity index (χ1) is 35.9. The summed E-state index contributed by atoms with van der Waals surface area (Å²) in [7, 11) is 0. The van der Waals surface area contributed by atoms with Gasteiger partial charge in [0.25, 0.3) is 0 Å². The van der Waals surface area contributed by atoms with Crippen LogP contribution in [0.3, 0.4) is 0 Å². The number of anilines is 10. The molecule has 0 bridgehead atoms. The third-order valence-electron chi connectivity index (χ3n) is 14.1. The van der Waals surface area contributed by atoms with E-state index in [4.69, 9.17) is 11.6 Å². The molecule has 364 valence electrons. The second kappa shape index (κ2) is 20.4. The van der Waals surface area contributed by atoms with E-state index in [0.717, 1.165) is 43.6 Å². The monoisotopic (exact) mass is 1050 g/mol. The standard InChI is InChI=1S/C37H26N2.C24H15ClN2.C6H5Br.CH4.CH3/c1-25-20-21-34-35(22-25)39(27-14-6-3-7-15-27)37-24-33-31-19-11-9-17-29(31)28-16-8-10-18-30(28)32(33)23-36(37)38(34)26-12-4-2-5-13-26;25-14-9-10-21-22(11-14)27-24-13-20-18-8-4-2-6-16(18)15-5-1-3-7-17(15)19(20)12-23(24)26-21;7-6-4-2-1-3-5-6;;/h2-24H,1H3;1-13,26-27H;1-5H;1H4;1H3/q;;;;-1. The molecule has 13 aromatic rings. The highest BCUT2D eigenvalue weighted by molar-refractivity contribution is 9.10. The largest absolute Gasteiger partial charge is 0.358 e. The molecule has 0 saturated heterocycles. The Kier molecular flexibility index (Phi) is 13.2. The molecule has 2 N–H and O–H groups in total. The van der Waals surface area contributed by atoms with Crippen LogP contribution >= 0.6 is 27.5 Å². The summed E-state index contributed by atoms with van der Waals surface area (Å²) in [6.45, 7) is 2.17. The fourth-order valence-corrected chi connectivity index (χ4v) is 11.3. The Bertz CT molecular complexity index is 4260. The Balaban J connectivity index is 0.000000145.